The number of halogens is 9. The predicted molar refractivity (Wildman–Crippen MR) is 565 cm³/mol. The van der Waals surface area contributed by atoms with Gasteiger partial charge in [-0.25, -0.2) is 74.8 Å². The molecule has 0 saturated carbocycles. The predicted octanol–water partition coefficient (Wildman–Crippen LogP) is 22.1. The third-order valence-electron chi connectivity index (χ3n) is 27.1. The maximum absolute atomic E-state index is 13.4. The summed E-state index contributed by atoms with van der Waals surface area (Å²) in [6.07, 6.45) is 3.21. The van der Waals surface area contributed by atoms with Crippen molar-refractivity contribution in [3.63, 3.8) is 0 Å². The summed E-state index contributed by atoms with van der Waals surface area (Å²) in [5.74, 6) is -0.296. The number of piperidine rings is 5. The number of hydrogen-bond donors (Lipinski definition) is 0. The van der Waals surface area contributed by atoms with Crippen LogP contribution < -0.4 is 29.2 Å². The van der Waals surface area contributed by atoms with E-state index in [-0.39, 0.29) is 132 Å². The molecule has 10 aliphatic rings. The molecule has 5 saturated heterocycles. The minimum atomic E-state index is -3.79. The van der Waals surface area contributed by atoms with E-state index in [9.17, 15) is 74.8 Å². The first-order chi connectivity index (χ1) is 69.5. The van der Waals surface area contributed by atoms with Crippen molar-refractivity contribution in [2.75, 3.05) is 97.1 Å². The Bertz CT molecular complexity index is 7250. The van der Waals surface area contributed by atoms with E-state index in [1.54, 1.807) is 80.8 Å². The van der Waals surface area contributed by atoms with Gasteiger partial charge < -0.3 is 28.4 Å². The second-order valence-corrected chi connectivity index (χ2v) is 51.5. The second-order valence-electron chi connectivity index (χ2n) is 36.5. The summed E-state index contributed by atoms with van der Waals surface area (Å²) in [5, 5.41) is 0.318. The van der Waals surface area contributed by atoms with Crippen molar-refractivity contribution in [3.05, 3.63) is 283 Å². The molecule has 0 radical (unpaired) electrons. The molecule has 0 unspecified atom stereocenters. The number of amides is 5. The van der Waals surface area contributed by atoms with Crippen LogP contribution >= 0.6 is 103 Å². The zero-order chi connectivity index (χ0) is 104. The fourth-order valence-corrected chi connectivity index (χ4v) is 29.5. The number of carbonyl (C=O) groups excluding carboxylic acids is 5. The summed E-state index contributed by atoms with van der Waals surface area (Å²) >= 11 is 29.1. The van der Waals surface area contributed by atoms with Crippen molar-refractivity contribution >= 4 is 212 Å². The molecule has 10 heterocycles. The fraction of sp³-hybridized carbons (Fsp3) is 0.356. The summed E-state index contributed by atoms with van der Waals surface area (Å²) in [6.45, 7) is 12.0. The highest BCUT2D eigenvalue weighted by atomic mass is 79.9. The number of methoxy groups -OCH3 is 1. The summed E-state index contributed by atoms with van der Waals surface area (Å²) in [4.78, 5) is 71.4. The van der Waals surface area contributed by atoms with E-state index in [2.05, 4.69) is 93.5 Å². The Labute approximate surface area is 899 Å². The van der Waals surface area contributed by atoms with Crippen LogP contribution in [0, 0.1) is 25.5 Å². The number of nitrogens with zero attached hydrogens (tertiary/aromatic N) is 10. The van der Waals surface area contributed by atoms with Crippen LogP contribution in [0.5, 0.6) is 5.75 Å². The Morgan fingerprint density at radius 1 is 0.322 bits per heavy atom. The average Bonchev–Trinajstić information content (AvgIpc) is 0.787. The van der Waals surface area contributed by atoms with Gasteiger partial charge in [0.15, 0.2) is 0 Å². The smallest absolute Gasteiger partial charge is 0.414 e. The molecule has 0 aromatic heterocycles. The molecule has 0 spiro atoms. The maximum atomic E-state index is 13.4. The monoisotopic (exact) mass is 2450 g/mol. The normalized spacial score (nSPS) is 18.4. The first-order valence-corrected chi connectivity index (χ1v) is 58.8. The number of sulfonamides is 5. The molecule has 0 bridgehead atoms. The molecule has 146 heavy (non-hydrogen) atoms. The molecule has 5 amide bonds. The van der Waals surface area contributed by atoms with Gasteiger partial charge >= 0.3 is 30.5 Å². The number of anilines is 5. The summed E-state index contributed by atoms with van der Waals surface area (Å²) in [6, 6.07) is 53.0. The van der Waals surface area contributed by atoms with Gasteiger partial charge in [0.25, 0.3) is 0 Å². The zero-order valence-electron chi connectivity index (χ0n) is 79.6. The lowest BCUT2D eigenvalue weighted by atomic mass is 10.0. The van der Waals surface area contributed by atoms with Crippen LogP contribution in [-0.2, 0) is 107 Å². The van der Waals surface area contributed by atoms with Crippen LogP contribution in [0.15, 0.2) is 241 Å². The van der Waals surface area contributed by atoms with Crippen molar-refractivity contribution in [2.24, 2.45) is 0 Å². The molecule has 45 heteroatoms. The number of carbonyl (C=O) groups is 5. The highest BCUT2D eigenvalue weighted by Crippen LogP contribution is 2.44. The van der Waals surface area contributed by atoms with Crippen molar-refractivity contribution in [1.82, 2.24) is 21.5 Å². The first kappa shape index (κ1) is 109. The molecule has 0 atom stereocenters. The minimum Gasteiger partial charge on any atom is -0.497 e. The highest BCUT2D eigenvalue weighted by Gasteiger charge is 2.45. The van der Waals surface area contributed by atoms with Crippen LogP contribution in [0.4, 0.5) is 61.2 Å². The maximum Gasteiger partial charge on any atom is 0.414 e. The summed E-state index contributed by atoms with van der Waals surface area (Å²) in [7, 11) is -16.8. The molecular formula is C101H103Br5Cl2F2N10O21S5. The second kappa shape index (κ2) is 46.3. The standard InChI is InChI=1S/C22H25BrN2O4S.C21H22BrClN2O4S.C20H21BrN2O5S.C19H17BrClFN2O4S.C19H18BrFN2O4S/c1-15(2)16-3-6-20(7-4-16)30(27,28)24-11-9-19(10-12-24)25-21-8-5-18(23)13-17(21)14-29-22(25)26;1-13-10-20(14(2)9-18(13)23)30(27,28)24-7-5-17(6-8-24)25-19-4-3-16(22)11-15(19)12-29-21(25)26;1-27-17-3-2-4-18(12-17)29(25,26)22-9-7-16(8-10-22)23-19-6-5-15(21)11-14(19)13-28-20(23)24;20-13-1-4-18-12(9-13)11-28-19(25)24(18)14-5-7-23(8-6-14)29(26,27)15-2-3-17(22)16(21)10-15;20-14-1-6-18-13(11-14)12-27-19(24)23(18)16-7-9-22(10-8-16)28(25,26)17-4-2-15(21)3-5-17/h3-8,13,15,19H,9-12,14H2,1-2H3;3-4,9-11,17H,5-8,12H2,1-2H3;2-6,11-12,16H,7-10,13H2,1H3;1-4,9-10,14H,5-8,11H2;1-6,11,16H,7-10,12H2. The Hall–Kier alpha value is -9.26. The van der Waals surface area contributed by atoms with E-state index >= 15 is 0 Å². The van der Waals surface area contributed by atoms with E-state index in [0.717, 1.165) is 114 Å². The molecule has 5 fully saturated rings. The Kier molecular flexibility index (Phi) is 34.7. The number of benzene rings is 10. The molecule has 20 rings (SSSR count). The lowest BCUT2D eigenvalue weighted by Gasteiger charge is -2.40. The Morgan fingerprint density at radius 3 is 0.884 bits per heavy atom. The van der Waals surface area contributed by atoms with Crippen LogP contribution in [-0.4, -0.2) is 197 Å². The third kappa shape index (κ3) is 24.2. The lowest BCUT2D eigenvalue weighted by Crippen LogP contribution is -2.50. The molecular weight excluding hydrogens is 2360 g/mol. The van der Waals surface area contributed by atoms with Crippen LogP contribution in [0.3, 0.4) is 0 Å². The van der Waals surface area contributed by atoms with Gasteiger partial charge in [0.2, 0.25) is 50.1 Å². The SMILES string of the molecule is CC(C)c1ccc(S(=O)(=O)N2CCC(N3C(=O)OCc4cc(Br)ccc43)CC2)cc1.COc1cccc(S(=O)(=O)N2CCC(N3C(=O)OCc4cc(Br)ccc43)CC2)c1.Cc1cc(S(=O)(=O)N2CCC(N3C(=O)OCc4cc(Br)ccc43)CC2)c(C)cc1Cl.O=C1OCc2cc(Br)ccc2N1C1CCN(S(=O)(=O)c2ccc(F)c(Cl)c2)CC1.O=C1OCc2cc(Br)ccc2N1C1CCN(S(=O)(=O)c2ccc(F)cc2)CC1. The molecule has 0 N–H and O–H groups in total. The molecule has 776 valence electrons. The molecule has 0 aliphatic carbocycles. The average molecular weight is 2460 g/mol. The molecule has 10 aromatic rings. The Balaban J connectivity index is 0.000000131. The number of aryl methyl sites for hydroxylation is 2. The van der Waals surface area contributed by atoms with E-state index in [0.29, 0.717) is 131 Å². The van der Waals surface area contributed by atoms with Gasteiger partial charge in [-0.05, 0) is 271 Å². The molecule has 10 aliphatic heterocycles. The van der Waals surface area contributed by atoms with Gasteiger partial charge in [-0.1, -0.05) is 135 Å². The quantitative estimate of drug-likeness (QED) is 0.0764. The number of rotatable bonds is 17. The van der Waals surface area contributed by atoms with Gasteiger partial charge in [-0.15, -0.1) is 0 Å². The van der Waals surface area contributed by atoms with Crippen molar-refractivity contribution in [2.45, 2.75) is 186 Å². The fourth-order valence-electron chi connectivity index (χ4n) is 19.3. The zero-order valence-corrected chi connectivity index (χ0v) is 93.1. The summed E-state index contributed by atoms with van der Waals surface area (Å²) in [5.41, 5.74) is 11.2. The minimum absolute atomic E-state index is 0.0464. The number of fused-ring (bicyclic) bond motifs is 5. The van der Waals surface area contributed by atoms with Gasteiger partial charge in [0.1, 0.15) is 50.4 Å². The van der Waals surface area contributed by atoms with Gasteiger partial charge in [-0.2, -0.15) is 21.5 Å². The number of ether oxygens (including phenoxy) is 6. The number of cyclic esters (lactones) is 5. The largest absolute Gasteiger partial charge is 0.497 e. The van der Waals surface area contributed by atoms with Gasteiger partial charge in [0, 0.05) is 157 Å². The molecule has 10 aromatic carbocycles. The lowest BCUT2D eigenvalue weighted by molar-refractivity contribution is 0.135. The van der Waals surface area contributed by atoms with E-state index in [1.165, 1.54) is 52.9 Å². The van der Waals surface area contributed by atoms with Gasteiger partial charge in [-0.3, -0.25) is 24.5 Å². The third-order valence-corrected chi connectivity index (χ3v) is 39.9. The molecule has 31 nitrogen and oxygen atoms in total. The highest BCUT2D eigenvalue weighted by molar-refractivity contribution is 9.11. The Morgan fingerprint density at radius 2 is 0.596 bits per heavy atom. The van der Waals surface area contributed by atoms with E-state index in [1.807, 2.05) is 103 Å². The topological polar surface area (TPSA) is 344 Å². The van der Waals surface area contributed by atoms with Crippen molar-refractivity contribution in [3.8, 4) is 5.75 Å². The van der Waals surface area contributed by atoms with Crippen LogP contribution in [0.2, 0.25) is 10.0 Å². The first-order valence-electron chi connectivity index (χ1n) is 46.9. The number of hydrogen-bond acceptors (Lipinski definition) is 21. The van der Waals surface area contributed by atoms with Crippen LogP contribution in [0.25, 0.3) is 0 Å². The van der Waals surface area contributed by atoms with Crippen molar-refractivity contribution in [1.29, 1.82) is 0 Å². The van der Waals surface area contributed by atoms with E-state index < -0.39 is 73.9 Å². The van der Waals surface area contributed by atoms with E-state index in [4.69, 9.17) is 51.6 Å². The van der Waals surface area contributed by atoms with Crippen LogP contribution in [0.1, 0.15) is 128 Å². The summed E-state index contributed by atoms with van der Waals surface area (Å²) < 4.78 is 200. The van der Waals surface area contributed by atoms with Crippen molar-refractivity contribution < 1.29 is 103 Å². The van der Waals surface area contributed by atoms with Gasteiger partial charge in [0.05, 0.1) is 65.0 Å².